The number of rotatable bonds is 4. The van der Waals surface area contributed by atoms with E-state index in [0.29, 0.717) is 6.42 Å². The Kier molecular flexibility index (Phi) is 3.03. The molecule has 1 amide bonds. The van der Waals surface area contributed by atoms with Crippen LogP contribution in [0, 0.1) is 0 Å². The summed E-state index contributed by atoms with van der Waals surface area (Å²) in [5.41, 5.74) is -1.64. The van der Waals surface area contributed by atoms with Gasteiger partial charge in [0, 0.05) is 6.26 Å². The standard InChI is InChI=1S/C8H13NO5S/c1-15(13,14)6-3-2-4-8(6,7(11)12)9-5-10/h5-6H,2-4H2,1H3,(H,9,10)(H,11,12). The lowest BCUT2D eigenvalue weighted by atomic mass is 9.98. The molecule has 0 aromatic heterocycles. The highest BCUT2D eigenvalue weighted by Crippen LogP contribution is 2.34. The molecule has 1 aliphatic rings. The van der Waals surface area contributed by atoms with Gasteiger partial charge in [-0.15, -0.1) is 0 Å². The Morgan fingerprint density at radius 1 is 1.60 bits per heavy atom. The van der Waals surface area contributed by atoms with Crippen molar-refractivity contribution >= 4 is 22.2 Å². The van der Waals surface area contributed by atoms with E-state index in [0.717, 1.165) is 6.26 Å². The molecule has 0 radical (unpaired) electrons. The van der Waals surface area contributed by atoms with E-state index in [1.165, 1.54) is 0 Å². The third kappa shape index (κ3) is 1.97. The molecule has 0 spiro atoms. The smallest absolute Gasteiger partial charge is 0.330 e. The molecule has 2 atom stereocenters. The van der Waals surface area contributed by atoms with Gasteiger partial charge in [-0.1, -0.05) is 0 Å². The number of carbonyl (C=O) groups excluding carboxylic acids is 1. The van der Waals surface area contributed by atoms with Gasteiger partial charge < -0.3 is 10.4 Å². The molecule has 7 heteroatoms. The minimum atomic E-state index is -3.48. The van der Waals surface area contributed by atoms with E-state index in [4.69, 9.17) is 5.11 Å². The van der Waals surface area contributed by atoms with Crippen LogP contribution in [0.1, 0.15) is 19.3 Å². The van der Waals surface area contributed by atoms with E-state index < -0.39 is 26.6 Å². The lowest BCUT2D eigenvalue weighted by Gasteiger charge is -2.29. The zero-order valence-corrected chi connectivity index (χ0v) is 9.08. The molecule has 1 saturated carbocycles. The monoisotopic (exact) mass is 235 g/mol. The van der Waals surface area contributed by atoms with Gasteiger partial charge in [0.2, 0.25) is 6.41 Å². The first-order valence-corrected chi connectivity index (χ1v) is 6.43. The van der Waals surface area contributed by atoms with Crippen molar-refractivity contribution in [3.05, 3.63) is 0 Å². The van der Waals surface area contributed by atoms with E-state index in [1.54, 1.807) is 0 Å². The highest BCUT2D eigenvalue weighted by Gasteiger charge is 2.53. The van der Waals surface area contributed by atoms with E-state index in [1.807, 2.05) is 0 Å². The second-order valence-corrected chi connectivity index (χ2v) is 5.98. The summed E-state index contributed by atoms with van der Waals surface area (Å²) in [6, 6.07) is 0. The first-order chi connectivity index (χ1) is 6.84. The number of carbonyl (C=O) groups is 2. The molecule has 86 valence electrons. The normalized spacial score (nSPS) is 31.1. The maximum absolute atomic E-state index is 11.4. The van der Waals surface area contributed by atoms with Gasteiger partial charge in [-0.3, -0.25) is 4.79 Å². The number of amides is 1. The maximum atomic E-state index is 11.4. The average Bonchev–Trinajstić information content (AvgIpc) is 2.49. The molecule has 15 heavy (non-hydrogen) atoms. The molecule has 1 fully saturated rings. The summed E-state index contributed by atoms with van der Waals surface area (Å²) < 4.78 is 22.8. The Hall–Kier alpha value is -1.11. The second-order valence-electron chi connectivity index (χ2n) is 3.75. The SMILES string of the molecule is CS(=O)(=O)C1CCCC1(NC=O)C(=O)O. The Bertz CT molecular complexity index is 376. The van der Waals surface area contributed by atoms with Crippen LogP contribution in [-0.4, -0.2) is 42.9 Å². The van der Waals surface area contributed by atoms with Crippen molar-refractivity contribution in [2.24, 2.45) is 0 Å². The lowest BCUT2D eigenvalue weighted by Crippen LogP contribution is -2.59. The average molecular weight is 235 g/mol. The first kappa shape index (κ1) is 12.0. The van der Waals surface area contributed by atoms with Crippen molar-refractivity contribution in [2.75, 3.05) is 6.26 Å². The van der Waals surface area contributed by atoms with Crippen molar-refractivity contribution in [3.8, 4) is 0 Å². The van der Waals surface area contributed by atoms with Crippen LogP contribution in [0.25, 0.3) is 0 Å². The van der Waals surface area contributed by atoms with Crippen molar-refractivity contribution in [1.82, 2.24) is 5.32 Å². The molecular weight excluding hydrogens is 222 g/mol. The van der Waals surface area contributed by atoms with Gasteiger partial charge in [-0.2, -0.15) is 0 Å². The summed E-state index contributed by atoms with van der Waals surface area (Å²) in [4.78, 5) is 21.5. The van der Waals surface area contributed by atoms with Crippen LogP contribution in [0.2, 0.25) is 0 Å². The number of hydrogen-bond donors (Lipinski definition) is 2. The molecule has 0 aliphatic heterocycles. The van der Waals surface area contributed by atoms with Crippen LogP contribution in [0.4, 0.5) is 0 Å². The van der Waals surface area contributed by atoms with Gasteiger partial charge in [0.1, 0.15) is 0 Å². The maximum Gasteiger partial charge on any atom is 0.330 e. The lowest BCUT2D eigenvalue weighted by molar-refractivity contribution is -0.145. The third-order valence-corrected chi connectivity index (χ3v) is 4.47. The summed E-state index contributed by atoms with van der Waals surface area (Å²) >= 11 is 0. The minimum Gasteiger partial charge on any atom is -0.479 e. The van der Waals surface area contributed by atoms with E-state index >= 15 is 0 Å². The van der Waals surface area contributed by atoms with Gasteiger partial charge >= 0.3 is 5.97 Å². The molecule has 0 bridgehead atoms. The van der Waals surface area contributed by atoms with Gasteiger partial charge in [-0.05, 0) is 19.3 Å². The van der Waals surface area contributed by atoms with Crippen LogP contribution in [0.3, 0.4) is 0 Å². The van der Waals surface area contributed by atoms with Crippen LogP contribution in [0.15, 0.2) is 0 Å². The minimum absolute atomic E-state index is 0.152. The number of hydrogen-bond acceptors (Lipinski definition) is 4. The Labute approximate surface area is 87.6 Å². The summed E-state index contributed by atoms with van der Waals surface area (Å²) in [6.07, 6.45) is 2.14. The summed E-state index contributed by atoms with van der Waals surface area (Å²) in [5, 5.41) is 10.2. The Morgan fingerprint density at radius 2 is 2.20 bits per heavy atom. The van der Waals surface area contributed by atoms with E-state index in [-0.39, 0.29) is 19.3 Å². The van der Waals surface area contributed by atoms with Crippen molar-refractivity contribution in [2.45, 2.75) is 30.1 Å². The highest BCUT2D eigenvalue weighted by atomic mass is 32.2. The summed E-state index contributed by atoms with van der Waals surface area (Å²) in [6.45, 7) is 0. The number of sulfone groups is 1. The molecule has 0 aromatic carbocycles. The Morgan fingerprint density at radius 3 is 2.60 bits per heavy atom. The predicted molar refractivity (Wildman–Crippen MR) is 52.0 cm³/mol. The van der Waals surface area contributed by atoms with Crippen molar-refractivity contribution < 1.29 is 23.1 Å². The number of carboxylic acid groups (broad SMARTS) is 1. The molecule has 0 saturated heterocycles. The number of aliphatic carboxylic acids is 1. The van der Waals surface area contributed by atoms with Crippen LogP contribution in [0.5, 0.6) is 0 Å². The van der Waals surface area contributed by atoms with Crippen molar-refractivity contribution in [3.63, 3.8) is 0 Å². The predicted octanol–water partition coefficient (Wildman–Crippen LogP) is -0.847. The van der Waals surface area contributed by atoms with Crippen LogP contribution < -0.4 is 5.32 Å². The fourth-order valence-electron chi connectivity index (χ4n) is 2.13. The van der Waals surface area contributed by atoms with Gasteiger partial charge in [-0.25, -0.2) is 13.2 Å². The Balaban J connectivity index is 3.17. The number of carboxylic acids is 1. The summed E-state index contributed by atoms with van der Waals surface area (Å²) in [5.74, 6) is -1.29. The van der Waals surface area contributed by atoms with Gasteiger partial charge in [0.15, 0.2) is 15.4 Å². The molecule has 6 nitrogen and oxygen atoms in total. The van der Waals surface area contributed by atoms with Crippen LogP contribution in [-0.2, 0) is 19.4 Å². The van der Waals surface area contributed by atoms with Crippen molar-refractivity contribution in [1.29, 1.82) is 0 Å². The van der Waals surface area contributed by atoms with E-state index in [9.17, 15) is 18.0 Å². The molecule has 1 aliphatic carbocycles. The zero-order valence-electron chi connectivity index (χ0n) is 8.26. The van der Waals surface area contributed by atoms with E-state index in [2.05, 4.69) is 5.32 Å². The molecule has 0 aromatic rings. The quantitative estimate of drug-likeness (QED) is 0.618. The number of nitrogens with one attached hydrogen (secondary N) is 1. The van der Waals surface area contributed by atoms with Crippen LogP contribution >= 0.6 is 0 Å². The molecule has 1 rings (SSSR count). The topological polar surface area (TPSA) is 101 Å². The third-order valence-electron chi connectivity index (χ3n) is 2.80. The molecular formula is C8H13NO5S. The molecule has 2 N–H and O–H groups in total. The van der Waals surface area contributed by atoms with Gasteiger partial charge in [0.25, 0.3) is 0 Å². The molecule has 0 heterocycles. The first-order valence-electron chi connectivity index (χ1n) is 4.48. The fourth-order valence-corrected chi connectivity index (χ4v) is 3.74. The van der Waals surface area contributed by atoms with Gasteiger partial charge in [0.05, 0.1) is 5.25 Å². The zero-order chi connectivity index (χ0) is 11.7. The molecule has 2 unspecified atom stereocenters. The highest BCUT2D eigenvalue weighted by molar-refractivity contribution is 7.91. The second kappa shape index (κ2) is 3.80. The largest absolute Gasteiger partial charge is 0.479 e. The fraction of sp³-hybridized carbons (Fsp3) is 0.750. The summed E-state index contributed by atoms with van der Waals surface area (Å²) in [7, 11) is -3.48.